The minimum atomic E-state index is -0.788. The molecular formula is C28H35F2N3O3. The molecule has 3 aromatic rings. The third kappa shape index (κ3) is 7.12. The van der Waals surface area contributed by atoms with Crippen molar-refractivity contribution in [1.82, 2.24) is 14.7 Å². The number of hydrogen-bond donors (Lipinski definition) is 1. The molecule has 1 atom stereocenters. The average molecular weight is 500 g/mol. The fraction of sp³-hybridized carbons (Fsp3) is 0.464. The lowest BCUT2D eigenvalue weighted by Gasteiger charge is -2.27. The second-order valence-corrected chi connectivity index (χ2v) is 10.5. The number of benzene rings is 2. The molecule has 4 rings (SSSR count). The number of para-hydroxylation sites is 1. The van der Waals surface area contributed by atoms with Crippen LogP contribution in [-0.2, 0) is 11.3 Å². The zero-order chi connectivity index (χ0) is 25.9. The van der Waals surface area contributed by atoms with Crippen LogP contribution in [0.5, 0.6) is 11.6 Å². The number of aliphatic hydroxyl groups is 1. The second kappa shape index (κ2) is 11.1. The van der Waals surface area contributed by atoms with Crippen LogP contribution in [0.3, 0.4) is 0 Å². The van der Waals surface area contributed by atoms with Gasteiger partial charge in [-0.25, -0.2) is 13.5 Å². The van der Waals surface area contributed by atoms with Crippen molar-refractivity contribution in [3.8, 4) is 17.3 Å². The second-order valence-electron chi connectivity index (χ2n) is 10.5. The molecule has 1 aliphatic carbocycles. The van der Waals surface area contributed by atoms with Crippen LogP contribution in [0.15, 0.2) is 48.5 Å². The molecule has 1 saturated carbocycles. The summed E-state index contributed by atoms with van der Waals surface area (Å²) in [5.74, 6) is -0.587. The van der Waals surface area contributed by atoms with Crippen LogP contribution in [0, 0.1) is 24.5 Å². The molecular weight excluding hydrogens is 464 g/mol. The Morgan fingerprint density at radius 1 is 1.14 bits per heavy atom. The first-order chi connectivity index (χ1) is 17.1. The van der Waals surface area contributed by atoms with Crippen LogP contribution >= 0.6 is 0 Å². The molecule has 1 fully saturated rings. The lowest BCUT2D eigenvalue weighted by atomic mass is 10.2. The number of rotatable bonds is 11. The smallest absolute Gasteiger partial charge is 0.227 e. The lowest BCUT2D eigenvalue weighted by Crippen LogP contribution is -2.37. The summed E-state index contributed by atoms with van der Waals surface area (Å²) < 4.78 is 41.6. The van der Waals surface area contributed by atoms with Crippen LogP contribution < -0.4 is 4.74 Å². The zero-order valence-corrected chi connectivity index (χ0v) is 21.4. The minimum absolute atomic E-state index is 0.0814. The van der Waals surface area contributed by atoms with E-state index >= 15 is 0 Å². The summed E-state index contributed by atoms with van der Waals surface area (Å²) in [5, 5.41) is 15.4. The first kappa shape index (κ1) is 26.3. The molecule has 1 N–H and O–H groups in total. The summed E-state index contributed by atoms with van der Waals surface area (Å²) >= 11 is 0. The fourth-order valence-electron chi connectivity index (χ4n) is 4.02. The Morgan fingerprint density at radius 2 is 1.86 bits per heavy atom. The van der Waals surface area contributed by atoms with E-state index in [2.05, 4.69) is 4.90 Å². The summed E-state index contributed by atoms with van der Waals surface area (Å²) in [6, 6.07) is 12.7. The van der Waals surface area contributed by atoms with Gasteiger partial charge in [0.15, 0.2) is 11.6 Å². The molecule has 1 aromatic heterocycles. The molecule has 194 valence electrons. The molecule has 0 radical (unpaired) electrons. The van der Waals surface area contributed by atoms with Crippen molar-refractivity contribution < 1.29 is 23.4 Å². The van der Waals surface area contributed by atoms with Crippen molar-refractivity contribution in [3.05, 3.63) is 71.4 Å². The molecule has 0 amide bonds. The maximum Gasteiger partial charge on any atom is 0.227 e. The van der Waals surface area contributed by atoms with Gasteiger partial charge < -0.3 is 14.6 Å². The van der Waals surface area contributed by atoms with Crippen LogP contribution in [-0.4, -0.2) is 51.2 Å². The fourth-order valence-corrected chi connectivity index (χ4v) is 4.02. The molecule has 1 unspecified atom stereocenters. The molecule has 1 aliphatic rings. The van der Waals surface area contributed by atoms with Crippen LogP contribution in [0.4, 0.5) is 8.78 Å². The first-order valence-electron chi connectivity index (χ1n) is 12.4. The molecule has 0 spiro atoms. The number of aliphatic hydroxyl groups excluding tert-OH is 1. The van der Waals surface area contributed by atoms with Gasteiger partial charge in [-0.15, -0.1) is 0 Å². The molecule has 0 aliphatic heterocycles. The maximum atomic E-state index is 14.6. The van der Waals surface area contributed by atoms with Gasteiger partial charge in [-0.05, 0) is 70.7 Å². The normalized spacial score (nSPS) is 14.9. The van der Waals surface area contributed by atoms with Crippen molar-refractivity contribution in [1.29, 1.82) is 0 Å². The highest BCUT2D eigenvalue weighted by Crippen LogP contribution is 2.35. The van der Waals surface area contributed by atoms with Gasteiger partial charge in [0.25, 0.3) is 0 Å². The zero-order valence-electron chi connectivity index (χ0n) is 21.4. The van der Waals surface area contributed by atoms with Crippen molar-refractivity contribution in [2.45, 2.75) is 58.8 Å². The summed E-state index contributed by atoms with van der Waals surface area (Å²) in [6.45, 7) is 9.71. The Labute approximate surface area is 211 Å². The van der Waals surface area contributed by atoms with Crippen LogP contribution in [0.1, 0.15) is 44.9 Å². The van der Waals surface area contributed by atoms with E-state index in [9.17, 15) is 13.9 Å². The molecule has 1 heterocycles. The minimum Gasteiger partial charge on any atom is -0.435 e. The topological polar surface area (TPSA) is 59.8 Å². The van der Waals surface area contributed by atoms with E-state index in [1.54, 1.807) is 4.68 Å². The van der Waals surface area contributed by atoms with Gasteiger partial charge in [-0.3, -0.25) is 4.90 Å². The largest absolute Gasteiger partial charge is 0.435 e. The lowest BCUT2D eigenvalue weighted by molar-refractivity contribution is -0.0569. The van der Waals surface area contributed by atoms with Crippen molar-refractivity contribution >= 4 is 0 Å². The number of aromatic nitrogens is 2. The van der Waals surface area contributed by atoms with E-state index in [-0.39, 0.29) is 18.0 Å². The third-order valence-corrected chi connectivity index (χ3v) is 6.01. The predicted octanol–water partition coefficient (Wildman–Crippen LogP) is 5.64. The quantitative estimate of drug-likeness (QED) is 0.370. The average Bonchev–Trinajstić information content (AvgIpc) is 3.58. The third-order valence-electron chi connectivity index (χ3n) is 6.01. The van der Waals surface area contributed by atoms with Gasteiger partial charge in [0, 0.05) is 25.7 Å². The number of aryl methyl sites for hydroxylation is 1. The highest BCUT2D eigenvalue weighted by Gasteiger charge is 2.29. The van der Waals surface area contributed by atoms with Gasteiger partial charge in [-0.2, -0.15) is 5.10 Å². The van der Waals surface area contributed by atoms with E-state index in [1.807, 2.05) is 58.0 Å². The van der Waals surface area contributed by atoms with Gasteiger partial charge in [-0.1, -0.05) is 18.2 Å². The monoisotopic (exact) mass is 499 g/mol. The summed E-state index contributed by atoms with van der Waals surface area (Å²) in [6.07, 6.45) is 1.67. The highest BCUT2D eigenvalue weighted by atomic mass is 19.1. The van der Waals surface area contributed by atoms with Crippen molar-refractivity contribution in [3.63, 3.8) is 0 Å². The summed E-state index contributed by atoms with van der Waals surface area (Å²) in [5.41, 5.74) is 1.94. The molecule has 8 heteroatoms. The number of hydrogen-bond acceptors (Lipinski definition) is 5. The highest BCUT2D eigenvalue weighted by molar-refractivity contribution is 5.43. The Kier molecular flexibility index (Phi) is 8.07. The van der Waals surface area contributed by atoms with Crippen molar-refractivity contribution in [2.24, 2.45) is 5.92 Å². The Hall–Kier alpha value is -2.81. The van der Waals surface area contributed by atoms with Crippen LogP contribution in [0.2, 0.25) is 0 Å². The molecule has 6 nitrogen and oxygen atoms in total. The number of halogens is 2. The molecule has 2 aromatic carbocycles. The van der Waals surface area contributed by atoms with Gasteiger partial charge in [0.2, 0.25) is 5.88 Å². The SMILES string of the molecule is Cc1nn(-c2ccccc2)c(Oc2ccc(F)cc2F)c1CN(CC(O)COC(C)(C)C)CC1CC1. The van der Waals surface area contributed by atoms with E-state index in [0.29, 0.717) is 24.9 Å². The Bertz CT molecular complexity index is 1160. The number of nitrogens with zero attached hydrogens (tertiary/aromatic N) is 3. The van der Waals surface area contributed by atoms with Crippen LogP contribution in [0.25, 0.3) is 5.69 Å². The van der Waals surface area contributed by atoms with Gasteiger partial charge in [0.1, 0.15) is 5.82 Å². The predicted molar refractivity (Wildman–Crippen MR) is 134 cm³/mol. The summed E-state index contributed by atoms with van der Waals surface area (Å²) in [7, 11) is 0. The number of ether oxygens (including phenoxy) is 2. The van der Waals surface area contributed by atoms with E-state index in [1.165, 1.54) is 12.1 Å². The Balaban J connectivity index is 1.64. The first-order valence-corrected chi connectivity index (χ1v) is 12.4. The molecule has 0 saturated heterocycles. The van der Waals surface area contributed by atoms with E-state index < -0.39 is 17.7 Å². The Morgan fingerprint density at radius 3 is 2.50 bits per heavy atom. The van der Waals surface area contributed by atoms with Gasteiger partial charge in [0.05, 0.1) is 35.3 Å². The van der Waals surface area contributed by atoms with Crippen molar-refractivity contribution in [2.75, 3.05) is 19.7 Å². The van der Waals surface area contributed by atoms with Gasteiger partial charge >= 0.3 is 0 Å². The molecule has 36 heavy (non-hydrogen) atoms. The van der Waals surface area contributed by atoms with E-state index in [0.717, 1.165) is 42.4 Å². The molecule has 0 bridgehead atoms. The standard InChI is InChI=1S/C28H35F2N3O3/c1-19-24(17-32(15-20-10-11-20)16-23(34)18-35-28(2,3)4)27(33(31-19)22-8-6-5-7-9-22)36-26-13-12-21(29)14-25(26)30/h5-9,12-14,20,23,34H,10-11,15-18H2,1-4H3. The summed E-state index contributed by atoms with van der Waals surface area (Å²) in [4.78, 5) is 2.18. The van der Waals surface area contributed by atoms with E-state index in [4.69, 9.17) is 14.6 Å². The maximum absolute atomic E-state index is 14.6.